The van der Waals surface area contributed by atoms with Gasteiger partial charge in [0.15, 0.2) is 5.11 Å². The molecule has 8 heteroatoms. The van der Waals surface area contributed by atoms with E-state index in [2.05, 4.69) is 20.8 Å². The summed E-state index contributed by atoms with van der Waals surface area (Å²) in [7, 11) is 0. The van der Waals surface area contributed by atoms with E-state index in [1.54, 1.807) is 30.8 Å². The molecule has 0 saturated carbocycles. The van der Waals surface area contributed by atoms with Crippen molar-refractivity contribution in [1.29, 1.82) is 0 Å². The molecule has 0 aliphatic heterocycles. The first-order chi connectivity index (χ1) is 11.9. The molecule has 1 aromatic heterocycles. The van der Waals surface area contributed by atoms with Gasteiger partial charge in [-0.2, -0.15) is 4.80 Å². The van der Waals surface area contributed by atoms with Gasteiger partial charge in [-0.15, -0.1) is 10.2 Å². The number of amides is 1. The summed E-state index contributed by atoms with van der Waals surface area (Å²) in [5.74, 6) is -0.270. The minimum Gasteiger partial charge on any atom is -0.332 e. The van der Waals surface area contributed by atoms with Gasteiger partial charge in [-0.1, -0.05) is 25.4 Å². The van der Waals surface area contributed by atoms with Crippen LogP contribution < -0.4 is 10.6 Å². The number of aromatic nitrogens is 3. The predicted octanol–water partition coefficient (Wildman–Crippen LogP) is 3.54. The van der Waals surface area contributed by atoms with Crippen LogP contribution >= 0.6 is 23.8 Å². The molecule has 0 unspecified atom stereocenters. The molecule has 1 amide bonds. The highest BCUT2D eigenvalue weighted by atomic mass is 35.5. The first-order valence-electron chi connectivity index (χ1n) is 7.67. The minimum atomic E-state index is -0.137. The number of carbonyl (C=O) groups is 1. The maximum atomic E-state index is 11.7. The van der Waals surface area contributed by atoms with Crippen LogP contribution in [-0.4, -0.2) is 26.0 Å². The van der Waals surface area contributed by atoms with Crippen molar-refractivity contribution in [2.75, 3.05) is 5.32 Å². The van der Waals surface area contributed by atoms with E-state index in [4.69, 9.17) is 23.8 Å². The number of benzene rings is 2. The standard InChI is InChI=1S/C17H16ClN5OS/c1-10(2)16(24)20-17(25)19-12-5-8-14-15(9-12)22-23(21-14)13-6-3-11(18)4-7-13/h3-10H,1-2H3,(H2,19,20,24,25). The van der Waals surface area contributed by atoms with Crippen LogP contribution in [0.25, 0.3) is 16.7 Å². The third kappa shape index (κ3) is 4.12. The van der Waals surface area contributed by atoms with Gasteiger partial charge in [0, 0.05) is 16.6 Å². The molecule has 6 nitrogen and oxygen atoms in total. The highest BCUT2D eigenvalue weighted by molar-refractivity contribution is 7.80. The van der Waals surface area contributed by atoms with E-state index >= 15 is 0 Å². The molecule has 3 rings (SSSR count). The van der Waals surface area contributed by atoms with Gasteiger partial charge >= 0.3 is 0 Å². The highest BCUT2D eigenvalue weighted by Gasteiger charge is 2.10. The monoisotopic (exact) mass is 373 g/mol. The summed E-state index contributed by atoms with van der Waals surface area (Å²) in [6, 6.07) is 12.7. The van der Waals surface area contributed by atoms with Gasteiger partial charge in [0.25, 0.3) is 0 Å². The predicted molar refractivity (Wildman–Crippen MR) is 103 cm³/mol. The van der Waals surface area contributed by atoms with E-state index in [-0.39, 0.29) is 16.9 Å². The van der Waals surface area contributed by atoms with E-state index in [0.717, 1.165) is 16.9 Å². The third-order valence-corrected chi connectivity index (χ3v) is 3.91. The summed E-state index contributed by atoms with van der Waals surface area (Å²) in [6.45, 7) is 3.61. The lowest BCUT2D eigenvalue weighted by atomic mass is 10.2. The zero-order valence-corrected chi connectivity index (χ0v) is 15.2. The van der Waals surface area contributed by atoms with Crippen LogP contribution in [0.4, 0.5) is 5.69 Å². The van der Waals surface area contributed by atoms with Gasteiger partial charge in [0.2, 0.25) is 5.91 Å². The van der Waals surface area contributed by atoms with Crippen molar-refractivity contribution in [2.24, 2.45) is 5.92 Å². The smallest absolute Gasteiger partial charge is 0.228 e. The van der Waals surface area contributed by atoms with Gasteiger partial charge in [-0.25, -0.2) is 0 Å². The van der Waals surface area contributed by atoms with Gasteiger partial charge in [0.05, 0.1) is 5.69 Å². The Bertz CT molecular complexity index is 936. The second-order valence-corrected chi connectivity index (χ2v) is 6.61. The summed E-state index contributed by atoms with van der Waals surface area (Å²) in [6.07, 6.45) is 0. The summed E-state index contributed by atoms with van der Waals surface area (Å²) >= 11 is 11.1. The Morgan fingerprint density at radius 2 is 1.80 bits per heavy atom. The van der Waals surface area contributed by atoms with Crippen LogP contribution in [0.5, 0.6) is 0 Å². The first kappa shape index (κ1) is 17.3. The summed E-state index contributed by atoms with van der Waals surface area (Å²) in [5, 5.41) is 15.4. The average Bonchev–Trinajstić information content (AvgIpc) is 2.98. The van der Waals surface area contributed by atoms with Crippen LogP contribution in [0.1, 0.15) is 13.8 Å². The SMILES string of the molecule is CC(C)C(=O)NC(=S)Nc1ccc2nn(-c3ccc(Cl)cc3)nc2c1. The molecule has 128 valence electrons. The number of halogens is 1. The van der Waals surface area contributed by atoms with Crippen LogP contribution in [0.15, 0.2) is 42.5 Å². The van der Waals surface area contributed by atoms with E-state index in [9.17, 15) is 4.79 Å². The maximum absolute atomic E-state index is 11.7. The number of nitrogens with zero attached hydrogens (tertiary/aromatic N) is 3. The molecule has 0 aliphatic carbocycles. The number of thiocarbonyl (C=S) groups is 1. The highest BCUT2D eigenvalue weighted by Crippen LogP contribution is 2.18. The maximum Gasteiger partial charge on any atom is 0.228 e. The number of hydrogen-bond donors (Lipinski definition) is 2. The van der Waals surface area contributed by atoms with Crippen molar-refractivity contribution in [3.8, 4) is 5.69 Å². The van der Waals surface area contributed by atoms with Crippen molar-refractivity contribution < 1.29 is 4.79 Å². The molecule has 0 atom stereocenters. The first-order valence-corrected chi connectivity index (χ1v) is 8.46. The molecule has 0 fully saturated rings. The second kappa shape index (κ2) is 7.16. The fourth-order valence-electron chi connectivity index (χ4n) is 2.10. The van der Waals surface area contributed by atoms with Crippen molar-refractivity contribution in [1.82, 2.24) is 20.3 Å². The Kier molecular flexibility index (Phi) is 4.96. The molecule has 3 aromatic rings. The van der Waals surface area contributed by atoms with E-state index in [0.29, 0.717) is 10.5 Å². The van der Waals surface area contributed by atoms with Crippen molar-refractivity contribution >= 4 is 51.6 Å². The van der Waals surface area contributed by atoms with E-state index < -0.39 is 0 Å². The Morgan fingerprint density at radius 1 is 1.12 bits per heavy atom. The molecule has 2 aromatic carbocycles. The minimum absolute atomic E-state index is 0.132. The third-order valence-electron chi connectivity index (χ3n) is 3.46. The molecule has 25 heavy (non-hydrogen) atoms. The van der Waals surface area contributed by atoms with Gasteiger partial charge < -0.3 is 10.6 Å². The second-order valence-electron chi connectivity index (χ2n) is 5.77. The fourth-order valence-corrected chi connectivity index (χ4v) is 2.45. The number of nitrogens with one attached hydrogen (secondary N) is 2. The van der Waals surface area contributed by atoms with Crippen LogP contribution in [0.2, 0.25) is 5.02 Å². The fraction of sp³-hybridized carbons (Fsp3) is 0.176. The molecule has 2 N–H and O–H groups in total. The van der Waals surface area contributed by atoms with Crippen LogP contribution in [0.3, 0.4) is 0 Å². The van der Waals surface area contributed by atoms with Crippen molar-refractivity contribution in [2.45, 2.75) is 13.8 Å². The van der Waals surface area contributed by atoms with Crippen molar-refractivity contribution in [3.63, 3.8) is 0 Å². The van der Waals surface area contributed by atoms with Gasteiger partial charge in [-0.3, -0.25) is 4.79 Å². The molecule has 0 bridgehead atoms. The summed E-state index contributed by atoms with van der Waals surface area (Å²) < 4.78 is 0. The van der Waals surface area contributed by atoms with Crippen LogP contribution in [0, 0.1) is 5.92 Å². The lowest BCUT2D eigenvalue weighted by Crippen LogP contribution is -2.36. The molecule has 0 aliphatic rings. The van der Waals surface area contributed by atoms with E-state index in [1.165, 1.54) is 0 Å². The number of fused-ring (bicyclic) bond motifs is 1. The van der Waals surface area contributed by atoms with E-state index in [1.807, 2.05) is 30.3 Å². The number of rotatable bonds is 3. The normalized spacial score (nSPS) is 10.9. The lowest BCUT2D eigenvalue weighted by Gasteiger charge is -2.10. The Labute approximate surface area is 155 Å². The Balaban J connectivity index is 1.79. The largest absolute Gasteiger partial charge is 0.332 e. The lowest BCUT2D eigenvalue weighted by molar-refractivity contribution is -0.122. The molecule has 0 saturated heterocycles. The van der Waals surface area contributed by atoms with Gasteiger partial charge in [0.1, 0.15) is 11.0 Å². The Morgan fingerprint density at radius 3 is 2.48 bits per heavy atom. The molecule has 0 spiro atoms. The quantitative estimate of drug-likeness (QED) is 0.687. The number of hydrogen-bond acceptors (Lipinski definition) is 4. The molecule has 0 radical (unpaired) electrons. The van der Waals surface area contributed by atoms with Gasteiger partial charge in [-0.05, 0) is 54.7 Å². The number of anilines is 1. The molecular formula is C17H16ClN5OS. The topological polar surface area (TPSA) is 71.8 Å². The zero-order chi connectivity index (χ0) is 18.0. The van der Waals surface area contributed by atoms with Crippen molar-refractivity contribution in [3.05, 3.63) is 47.5 Å². The summed E-state index contributed by atoms with van der Waals surface area (Å²) in [4.78, 5) is 13.2. The Hall–Kier alpha value is -2.51. The zero-order valence-electron chi connectivity index (χ0n) is 13.7. The average molecular weight is 374 g/mol. The summed E-state index contributed by atoms with van der Waals surface area (Å²) in [5.41, 5.74) is 3.00. The number of carbonyl (C=O) groups excluding carboxylic acids is 1. The molecule has 1 heterocycles. The molecular weight excluding hydrogens is 358 g/mol. The van der Waals surface area contributed by atoms with Crippen LogP contribution in [-0.2, 0) is 4.79 Å².